The number of aliphatic hydroxyl groups excluding tert-OH is 1. The molecule has 1 fully saturated rings. The Bertz CT molecular complexity index is 384. The highest BCUT2D eigenvalue weighted by Gasteiger charge is 2.21. The molecule has 0 bridgehead atoms. The van der Waals surface area contributed by atoms with Crippen molar-refractivity contribution in [1.82, 2.24) is 24.6 Å². The van der Waals surface area contributed by atoms with Crippen LogP contribution in [0.15, 0.2) is 6.33 Å². The van der Waals surface area contributed by atoms with Crippen LogP contribution in [0.1, 0.15) is 5.82 Å². The summed E-state index contributed by atoms with van der Waals surface area (Å²) in [6, 6.07) is 0. The first-order valence-electron chi connectivity index (χ1n) is 5.64. The van der Waals surface area contributed by atoms with Crippen LogP contribution >= 0.6 is 0 Å². The van der Waals surface area contributed by atoms with Crippen molar-refractivity contribution in [3.8, 4) is 0 Å². The predicted octanol–water partition coefficient (Wildman–Crippen LogP) is -1.55. The second-order valence-corrected chi connectivity index (χ2v) is 4.17. The maximum absolute atomic E-state index is 11.3. The molecule has 1 amide bonds. The van der Waals surface area contributed by atoms with Crippen LogP contribution in [0.5, 0.6) is 0 Å². The zero-order chi connectivity index (χ0) is 12.3. The van der Waals surface area contributed by atoms with Gasteiger partial charge in [0.2, 0.25) is 5.91 Å². The minimum absolute atomic E-state index is 0.191. The van der Waals surface area contributed by atoms with E-state index in [1.807, 2.05) is 11.6 Å². The summed E-state index contributed by atoms with van der Waals surface area (Å²) in [6.45, 7) is 3.28. The van der Waals surface area contributed by atoms with Crippen LogP contribution in [0, 0.1) is 0 Å². The van der Waals surface area contributed by atoms with Crippen LogP contribution in [0.3, 0.4) is 0 Å². The van der Waals surface area contributed by atoms with Crippen LogP contribution in [-0.2, 0) is 18.4 Å². The molecule has 2 rings (SSSR count). The predicted molar refractivity (Wildman–Crippen MR) is 59.9 cm³/mol. The number of piperazine rings is 1. The highest BCUT2D eigenvalue weighted by atomic mass is 16.3. The SMILES string of the molecule is Cn1cnnc1CN1CCN(C(=O)CO)CC1. The van der Waals surface area contributed by atoms with Gasteiger partial charge in [-0.1, -0.05) is 0 Å². The molecule has 0 aromatic carbocycles. The third-order valence-electron chi connectivity index (χ3n) is 3.03. The molecule has 1 aromatic rings. The molecule has 0 spiro atoms. The molecule has 0 aliphatic carbocycles. The largest absolute Gasteiger partial charge is 0.387 e. The second kappa shape index (κ2) is 5.24. The number of hydrogen-bond donors (Lipinski definition) is 1. The summed E-state index contributed by atoms with van der Waals surface area (Å²) in [6.07, 6.45) is 1.68. The third-order valence-corrected chi connectivity index (χ3v) is 3.03. The number of aryl methyl sites for hydroxylation is 1. The van der Waals surface area contributed by atoms with Gasteiger partial charge in [-0.05, 0) is 0 Å². The molecular weight excluding hydrogens is 222 g/mol. The van der Waals surface area contributed by atoms with Gasteiger partial charge in [0, 0.05) is 33.2 Å². The van der Waals surface area contributed by atoms with Crippen molar-refractivity contribution in [3.05, 3.63) is 12.2 Å². The molecule has 0 radical (unpaired) electrons. The van der Waals surface area contributed by atoms with E-state index in [9.17, 15) is 4.79 Å². The molecule has 1 N–H and O–H groups in total. The molecule has 94 valence electrons. The average Bonchev–Trinajstić information content (AvgIpc) is 2.75. The molecule has 17 heavy (non-hydrogen) atoms. The van der Waals surface area contributed by atoms with Gasteiger partial charge in [-0.15, -0.1) is 10.2 Å². The highest BCUT2D eigenvalue weighted by molar-refractivity contribution is 5.77. The van der Waals surface area contributed by atoms with Crippen molar-refractivity contribution in [2.75, 3.05) is 32.8 Å². The number of carbonyl (C=O) groups excluding carboxylic acids is 1. The highest BCUT2D eigenvalue weighted by Crippen LogP contribution is 2.06. The minimum atomic E-state index is -0.400. The molecule has 0 atom stereocenters. The molecule has 1 aliphatic rings. The first-order valence-corrected chi connectivity index (χ1v) is 5.64. The maximum atomic E-state index is 11.3. The number of amides is 1. The molecule has 0 saturated carbocycles. The molecule has 7 heteroatoms. The van der Waals surface area contributed by atoms with E-state index in [2.05, 4.69) is 15.1 Å². The number of aromatic nitrogens is 3. The summed E-state index contributed by atoms with van der Waals surface area (Å²) in [4.78, 5) is 15.2. The van der Waals surface area contributed by atoms with Crippen molar-refractivity contribution >= 4 is 5.91 Å². The Labute approximate surface area is 99.6 Å². The van der Waals surface area contributed by atoms with Gasteiger partial charge in [-0.25, -0.2) is 0 Å². The monoisotopic (exact) mass is 239 g/mol. The Hall–Kier alpha value is -1.47. The van der Waals surface area contributed by atoms with E-state index < -0.39 is 6.61 Å². The van der Waals surface area contributed by atoms with Crippen LogP contribution in [0.2, 0.25) is 0 Å². The topological polar surface area (TPSA) is 74.5 Å². The summed E-state index contributed by atoms with van der Waals surface area (Å²) in [5.74, 6) is 0.732. The Balaban J connectivity index is 1.83. The molecule has 1 aromatic heterocycles. The summed E-state index contributed by atoms with van der Waals surface area (Å²) < 4.78 is 1.89. The Morgan fingerprint density at radius 1 is 1.41 bits per heavy atom. The average molecular weight is 239 g/mol. The first kappa shape index (κ1) is 12.0. The van der Waals surface area contributed by atoms with E-state index >= 15 is 0 Å². The molecule has 7 nitrogen and oxygen atoms in total. The summed E-state index contributed by atoms with van der Waals surface area (Å²) in [5, 5.41) is 16.6. The van der Waals surface area contributed by atoms with Crippen LogP contribution in [0.4, 0.5) is 0 Å². The Morgan fingerprint density at radius 3 is 2.65 bits per heavy atom. The smallest absolute Gasteiger partial charge is 0.248 e. The molecule has 2 heterocycles. The van der Waals surface area contributed by atoms with Crippen LogP contribution < -0.4 is 0 Å². The van der Waals surface area contributed by atoms with Crippen molar-refractivity contribution in [3.63, 3.8) is 0 Å². The van der Waals surface area contributed by atoms with E-state index in [0.29, 0.717) is 13.1 Å². The molecule has 1 saturated heterocycles. The fraction of sp³-hybridized carbons (Fsp3) is 0.700. The number of hydrogen-bond acceptors (Lipinski definition) is 5. The molecule has 0 unspecified atom stereocenters. The third kappa shape index (κ3) is 2.80. The van der Waals surface area contributed by atoms with Gasteiger partial charge < -0.3 is 14.6 Å². The van der Waals surface area contributed by atoms with Gasteiger partial charge in [-0.3, -0.25) is 9.69 Å². The van der Waals surface area contributed by atoms with Gasteiger partial charge >= 0.3 is 0 Å². The lowest BCUT2D eigenvalue weighted by Gasteiger charge is -2.34. The van der Waals surface area contributed by atoms with Gasteiger partial charge in [0.05, 0.1) is 6.54 Å². The second-order valence-electron chi connectivity index (χ2n) is 4.17. The number of rotatable bonds is 3. The van der Waals surface area contributed by atoms with E-state index in [4.69, 9.17) is 5.11 Å². The lowest BCUT2D eigenvalue weighted by molar-refractivity contribution is -0.136. The summed E-state index contributed by atoms with van der Waals surface area (Å²) >= 11 is 0. The van der Waals surface area contributed by atoms with Crippen molar-refractivity contribution in [2.45, 2.75) is 6.54 Å². The van der Waals surface area contributed by atoms with Crippen molar-refractivity contribution in [1.29, 1.82) is 0 Å². The normalized spacial score (nSPS) is 17.4. The summed E-state index contributed by atoms with van der Waals surface area (Å²) in [5.41, 5.74) is 0. The van der Waals surface area contributed by atoms with Gasteiger partial charge in [0.15, 0.2) is 0 Å². The van der Waals surface area contributed by atoms with Gasteiger partial charge in [0.1, 0.15) is 18.8 Å². The van der Waals surface area contributed by atoms with Crippen molar-refractivity contribution < 1.29 is 9.90 Å². The maximum Gasteiger partial charge on any atom is 0.248 e. The fourth-order valence-corrected chi connectivity index (χ4v) is 1.91. The van der Waals surface area contributed by atoms with Crippen molar-refractivity contribution in [2.24, 2.45) is 7.05 Å². The molecular formula is C10H17N5O2. The van der Waals surface area contributed by atoms with E-state index in [0.717, 1.165) is 25.5 Å². The van der Waals surface area contributed by atoms with Gasteiger partial charge in [-0.2, -0.15) is 0 Å². The van der Waals surface area contributed by atoms with E-state index in [1.54, 1.807) is 11.2 Å². The zero-order valence-corrected chi connectivity index (χ0v) is 9.91. The molecule has 1 aliphatic heterocycles. The summed E-state index contributed by atoms with van der Waals surface area (Å²) in [7, 11) is 1.92. The quantitative estimate of drug-likeness (QED) is 0.691. The minimum Gasteiger partial charge on any atom is -0.387 e. The number of aliphatic hydroxyl groups is 1. The first-order chi connectivity index (χ1) is 8.20. The van der Waals surface area contributed by atoms with Gasteiger partial charge in [0.25, 0.3) is 0 Å². The van der Waals surface area contributed by atoms with E-state index in [1.165, 1.54) is 0 Å². The fourth-order valence-electron chi connectivity index (χ4n) is 1.91. The lowest BCUT2D eigenvalue weighted by atomic mass is 10.3. The zero-order valence-electron chi connectivity index (χ0n) is 9.91. The van der Waals surface area contributed by atoms with E-state index in [-0.39, 0.29) is 5.91 Å². The number of nitrogens with zero attached hydrogens (tertiary/aromatic N) is 5. The standard InChI is InChI=1S/C10H17N5O2/c1-13-8-11-12-9(13)6-14-2-4-15(5-3-14)10(17)7-16/h8,16H,2-7H2,1H3. The number of carbonyl (C=O) groups is 1. The Morgan fingerprint density at radius 2 is 2.12 bits per heavy atom. The lowest BCUT2D eigenvalue weighted by Crippen LogP contribution is -2.49. The Kier molecular flexibility index (Phi) is 3.70. The van der Waals surface area contributed by atoms with Crippen LogP contribution in [0.25, 0.3) is 0 Å². The van der Waals surface area contributed by atoms with Crippen LogP contribution in [-0.4, -0.2) is 68.4 Å².